The zero-order chi connectivity index (χ0) is 12.5. The van der Waals surface area contributed by atoms with Crippen LogP contribution in [-0.4, -0.2) is 47.0 Å². The van der Waals surface area contributed by atoms with Gasteiger partial charge in [-0.25, -0.2) is 0 Å². The smallest absolute Gasteiger partial charge is 0.363 e. The van der Waals surface area contributed by atoms with Gasteiger partial charge in [-0.15, -0.1) is 0 Å². The zero-order valence-corrected chi connectivity index (χ0v) is 10.2. The Morgan fingerprint density at radius 2 is 2.22 bits per heavy atom. The quantitative estimate of drug-likeness (QED) is 0.582. The number of fused-ring (bicyclic) bond motifs is 1. The largest absolute Gasteiger partial charge is 0.366 e. The van der Waals surface area contributed by atoms with E-state index in [1.165, 1.54) is 25.5 Å². The standard InChI is InChI=1S/C12H16N4O2/c17-16(18)12-4-3-10(8-13-12)15-7-6-14-5-1-2-11(14)9-15/h3-4,8,11H,1-2,5-7,9H2. The molecule has 1 atom stereocenters. The first-order valence-electron chi connectivity index (χ1n) is 6.33. The summed E-state index contributed by atoms with van der Waals surface area (Å²) in [6, 6.07) is 3.93. The Morgan fingerprint density at radius 3 is 2.94 bits per heavy atom. The van der Waals surface area contributed by atoms with Crippen LogP contribution < -0.4 is 4.90 Å². The van der Waals surface area contributed by atoms with E-state index in [0.717, 1.165) is 25.3 Å². The summed E-state index contributed by atoms with van der Waals surface area (Å²) in [6.07, 6.45) is 4.16. The van der Waals surface area contributed by atoms with Gasteiger partial charge in [0.05, 0.1) is 5.69 Å². The number of piperazine rings is 1. The van der Waals surface area contributed by atoms with E-state index in [0.29, 0.717) is 6.04 Å². The highest BCUT2D eigenvalue weighted by Gasteiger charge is 2.30. The van der Waals surface area contributed by atoms with Gasteiger partial charge in [0.15, 0.2) is 6.20 Å². The van der Waals surface area contributed by atoms with Crippen LogP contribution >= 0.6 is 0 Å². The van der Waals surface area contributed by atoms with Crippen LogP contribution in [0.4, 0.5) is 11.5 Å². The molecule has 6 heteroatoms. The summed E-state index contributed by atoms with van der Waals surface area (Å²) in [7, 11) is 0. The van der Waals surface area contributed by atoms with Crippen LogP contribution in [0.1, 0.15) is 12.8 Å². The molecule has 0 saturated carbocycles. The lowest BCUT2D eigenvalue weighted by atomic mass is 10.1. The molecule has 2 fully saturated rings. The Hall–Kier alpha value is -1.69. The van der Waals surface area contributed by atoms with Crippen LogP contribution in [0.15, 0.2) is 18.3 Å². The maximum absolute atomic E-state index is 10.6. The molecule has 0 bridgehead atoms. The summed E-state index contributed by atoms with van der Waals surface area (Å²) in [5.74, 6) is -0.0850. The minimum atomic E-state index is -0.460. The monoisotopic (exact) mass is 248 g/mol. The van der Waals surface area contributed by atoms with Gasteiger partial charge in [-0.1, -0.05) is 0 Å². The van der Waals surface area contributed by atoms with Crippen LogP contribution in [-0.2, 0) is 0 Å². The van der Waals surface area contributed by atoms with Crippen LogP contribution in [0.3, 0.4) is 0 Å². The van der Waals surface area contributed by atoms with Crippen molar-refractivity contribution in [1.29, 1.82) is 0 Å². The Balaban J connectivity index is 1.73. The predicted molar refractivity (Wildman–Crippen MR) is 67.7 cm³/mol. The third-order valence-electron chi connectivity index (χ3n) is 3.87. The van der Waals surface area contributed by atoms with E-state index in [4.69, 9.17) is 0 Å². The van der Waals surface area contributed by atoms with E-state index >= 15 is 0 Å². The van der Waals surface area contributed by atoms with Crippen molar-refractivity contribution in [3.05, 3.63) is 28.4 Å². The second-order valence-corrected chi connectivity index (χ2v) is 4.91. The number of pyridine rings is 1. The van der Waals surface area contributed by atoms with Gasteiger partial charge in [0, 0.05) is 31.7 Å². The van der Waals surface area contributed by atoms with Crippen molar-refractivity contribution in [2.45, 2.75) is 18.9 Å². The van der Waals surface area contributed by atoms with Gasteiger partial charge in [0.25, 0.3) is 0 Å². The fourth-order valence-electron chi connectivity index (χ4n) is 2.90. The van der Waals surface area contributed by atoms with Crippen molar-refractivity contribution in [1.82, 2.24) is 9.88 Å². The average Bonchev–Trinajstić information content (AvgIpc) is 2.86. The topological polar surface area (TPSA) is 62.5 Å². The van der Waals surface area contributed by atoms with Crippen molar-refractivity contribution in [2.75, 3.05) is 31.1 Å². The lowest BCUT2D eigenvalue weighted by Crippen LogP contribution is -2.50. The van der Waals surface area contributed by atoms with Crippen LogP contribution in [0.2, 0.25) is 0 Å². The molecule has 6 nitrogen and oxygen atoms in total. The fourth-order valence-corrected chi connectivity index (χ4v) is 2.90. The number of nitro groups is 1. The number of hydrogen-bond acceptors (Lipinski definition) is 5. The van der Waals surface area contributed by atoms with Crippen molar-refractivity contribution in [3.8, 4) is 0 Å². The summed E-state index contributed by atoms with van der Waals surface area (Å²) in [5.41, 5.74) is 0.993. The van der Waals surface area contributed by atoms with Gasteiger partial charge in [-0.2, -0.15) is 0 Å². The highest BCUT2D eigenvalue weighted by Crippen LogP contribution is 2.25. The molecule has 1 aromatic rings. The summed E-state index contributed by atoms with van der Waals surface area (Å²) in [4.78, 5) is 18.8. The Kier molecular flexibility index (Phi) is 2.87. The molecule has 2 aliphatic rings. The molecule has 0 aliphatic carbocycles. The SMILES string of the molecule is O=[N+]([O-])c1ccc(N2CCN3CCCC3C2)cn1. The molecule has 96 valence electrons. The Morgan fingerprint density at radius 1 is 1.33 bits per heavy atom. The summed E-state index contributed by atoms with van der Waals surface area (Å²) >= 11 is 0. The summed E-state index contributed by atoms with van der Waals surface area (Å²) in [6.45, 7) is 4.30. The first-order chi connectivity index (χ1) is 8.74. The van der Waals surface area contributed by atoms with E-state index in [1.807, 2.05) is 0 Å². The molecule has 0 aromatic carbocycles. The molecule has 2 aliphatic heterocycles. The van der Waals surface area contributed by atoms with Gasteiger partial charge >= 0.3 is 5.82 Å². The van der Waals surface area contributed by atoms with Crippen LogP contribution in [0.25, 0.3) is 0 Å². The van der Waals surface area contributed by atoms with Crippen LogP contribution in [0.5, 0.6) is 0 Å². The second kappa shape index (κ2) is 4.53. The van der Waals surface area contributed by atoms with E-state index in [9.17, 15) is 10.1 Å². The fraction of sp³-hybridized carbons (Fsp3) is 0.583. The molecule has 0 N–H and O–H groups in total. The Labute approximate surface area is 105 Å². The average molecular weight is 248 g/mol. The lowest BCUT2D eigenvalue weighted by Gasteiger charge is -2.38. The van der Waals surface area contributed by atoms with Crippen molar-refractivity contribution in [3.63, 3.8) is 0 Å². The Bertz CT molecular complexity index is 448. The summed E-state index contributed by atoms with van der Waals surface area (Å²) < 4.78 is 0. The minimum Gasteiger partial charge on any atom is -0.366 e. The van der Waals surface area contributed by atoms with Gasteiger partial charge < -0.3 is 15.0 Å². The number of aromatic nitrogens is 1. The van der Waals surface area contributed by atoms with E-state index in [-0.39, 0.29) is 5.82 Å². The van der Waals surface area contributed by atoms with Crippen molar-refractivity contribution in [2.24, 2.45) is 0 Å². The van der Waals surface area contributed by atoms with E-state index in [1.54, 1.807) is 12.3 Å². The molecule has 0 spiro atoms. The highest BCUT2D eigenvalue weighted by atomic mass is 16.6. The van der Waals surface area contributed by atoms with Gasteiger partial charge in [-0.3, -0.25) is 4.90 Å². The predicted octanol–water partition coefficient (Wildman–Crippen LogP) is 1.27. The molecular weight excluding hydrogens is 232 g/mol. The molecule has 2 saturated heterocycles. The molecule has 3 rings (SSSR count). The first-order valence-corrected chi connectivity index (χ1v) is 6.33. The molecule has 1 unspecified atom stereocenters. The third kappa shape index (κ3) is 2.03. The zero-order valence-electron chi connectivity index (χ0n) is 10.2. The molecule has 0 amide bonds. The number of rotatable bonds is 2. The molecule has 18 heavy (non-hydrogen) atoms. The maximum Gasteiger partial charge on any atom is 0.363 e. The normalized spacial score (nSPS) is 24.0. The highest BCUT2D eigenvalue weighted by molar-refractivity contribution is 5.47. The molecule has 1 aromatic heterocycles. The number of anilines is 1. The van der Waals surface area contributed by atoms with Gasteiger partial charge in [-0.05, 0) is 35.4 Å². The van der Waals surface area contributed by atoms with E-state index < -0.39 is 4.92 Å². The second-order valence-electron chi connectivity index (χ2n) is 4.91. The lowest BCUT2D eigenvalue weighted by molar-refractivity contribution is -0.389. The van der Waals surface area contributed by atoms with Crippen molar-refractivity contribution >= 4 is 11.5 Å². The van der Waals surface area contributed by atoms with Crippen molar-refractivity contribution < 1.29 is 4.92 Å². The molecule has 3 heterocycles. The number of nitrogens with zero attached hydrogens (tertiary/aromatic N) is 4. The summed E-state index contributed by atoms with van der Waals surface area (Å²) in [5, 5.41) is 10.6. The first kappa shape index (κ1) is 11.4. The minimum absolute atomic E-state index is 0.0850. The van der Waals surface area contributed by atoms with Gasteiger partial charge in [0.2, 0.25) is 0 Å². The molecule has 0 radical (unpaired) electrons. The van der Waals surface area contributed by atoms with Gasteiger partial charge in [0.1, 0.15) is 0 Å². The third-order valence-corrected chi connectivity index (χ3v) is 3.87. The maximum atomic E-state index is 10.6. The van der Waals surface area contributed by atoms with E-state index in [2.05, 4.69) is 14.8 Å². The molecular formula is C12H16N4O2. The number of hydrogen-bond donors (Lipinski definition) is 0. The van der Waals surface area contributed by atoms with Crippen LogP contribution in [0, 0.1) is 10.1 Å².